The van der Waals surface area contributed by atoms with Crippen LogP contribution in [0.15, 0.2) is 30.9 Å². The SMILES string of the molecule is NC1C(C(=O)O)OC(n2cnc3c(NCc4cc(Cl)ccc4OCC(=O)NC4C5CC6CC(C5)CC4C6)ncnc32)C1O. The van der Waals surface area contributed by atoms with Gasteiger partial charge < -0.3 is 36.1 Å². The first kappa shape index (κ1) is 28.3. The Morgan fingerprint density at radius 1 is 1.12 bits per heavy atom. The second-order valence-corrected chi connectivity index (χ2v) is 12.8. The van der Waals surface area contributed by atoms with Crippen LogP contribution in [0.3, 0.4) is 0 Å². The number of aliphatic hydroxyl groups excluding tert-OH is 1. The van der Waals surface area contributed by atoms with Crippen LogP contribution in [0.1, 0.15) is 43.9 Å². The minimum atomic E-state index is -1.37. The summed E-state index contributed by atoms with van der Waals surface area (Å²) in [6, 6.07) is 4.34. The molecule has 1 aliphatic heterocycles. The van der Waals surface area contributed by atoms with E-state index in [-0.39, 0.29) is 25.1 Å². The molecule has 228 valence electrons. The monoisotopic (exact) mass is 611 g/mol. The molecule has 8 rings (SSSR count). The number of amides is 1. The highest BCUT2D eigenvalue weighted by Crippen LogP contribution is 2.53. The molecule has 4 atom stereocenters. The Hall–Kier alpha value is -3.52. The van der Waals surface area contributed by atoms with Crippen molar-refractivity contribution in [3.8, 4) is 5.75 Å². The molecule has 4 saturated carbocycles. The Morgan fingerprint density at radius 2 is 1.86 bits per heavy atom. The van der Waals surface area contributed by atoms with Crippen LogP contribution < -0.4 is 21.1 Å². The number of hydrogen-bond donors (Lipinski definition) is 5. The number of aliphatic carboxylic acids is 1. The molecule has 4 unspecified atom stereocenters. The molecule has 4 bridgehead atoms. The molecule has 6 N–H and O–H groups in total. The van der Waals surface area contributed by atoms with Crippen LogP contribution in [0.4, 0.5) is 5.82 Å². The van der Waals surface area contributed by atoms with Crippen molar-refractivity contribution in [2.45, 2.75) is 69.2 Å². The molecule has 1 saturated heterocycles. The van der Waals surface area contributed by atoms with Crippen LogP contribution in [0.2, 0.25) is 5.02 Å². The molecule has 43 heavy (non-hydrogen) atoms. The number of carboxylic acid groups (broad SMARTS) is 1. The third-order valence-electron chi connectivity index (χ3n) is 9.58. The van der Waals surface area contributed by atoms with Crippen molar-refractivity contribution in [1.82, 2.24) is 24.8 Å². The second kappa shape index (κ2) is 11.2. The van der Waals surface area contributed by atoms with Gasteiger partial charge in [0.15, 0.2) is 35.9 Å². The number of imidazole rings is 1. The Labute approximate surface area is 252 Å². The van der Waals surface area contributed by atoms with E-state index in [0.717, 1.165) is 11.8 Å². The zero-order chi connectivity index (χ0) is 29.8. The molecular formula is C29H34ClN7O6. The molecule has 3 heterocycles. The third-order valence-corrected chi connectivity index (χ3v) is 9.82. The van der Waals surface area contributed by atoms with Crippen molar-refractivity contribution >= 4 is 40.5 Å². The number of nitrogens with two attached hydrogens (primary N) is 1. The van der Waals surface area contributed by atoms with Crippen molar-refractivity contribution in [2.24, 2.45) is 29.4 Å². The van der Waals surface area contributed by atoms with E-state index in [2.05, 4.69) is 25.6 Å². The number of benzene rings is 1. The van der Waals surface area contributed by atoms with Gasteiger partial charge in [-0.2, -0.15) is 0 Å². The van der Waals surface area contributed by atoms with Crippen molar-refractivity contribution in [2.75, 3.05) is 11.9 Å². The van der Waals surface area contributed by atoms with Gasteiger partial charge in [-0.05, 0) is 74.0 Å². The van der Waals surface area contributed by atoms with E-state index in [0.29, 0.717) is 45.2 Å². The van der Waals surface area contributed by atoms with Crippen molar-refractivity contribution in [1.29, 1.82) is 0 Å². The topological polar surface area (TPSA) is 187 Å². The minimum absolute atomic E-state index is 0.0945. The fourth-order valence-corrected chi connectivity index (χ4v) is 8.04. The van der Waals surface area contributed by atoms with Gasteiger partial charge in [-0.25, -0.2) is 19.7 Å². The number of aromatic nitrogens is 4. The fourth-order valence-electron chi connectivity index (χ4n) is 7.85. The van der Waals surface area contributed by atoms with E-state index in [1.807, 2.05) is 0 Å². The van der Waals surface area contributed by atoms with Gasteiger partial charge >= 0.3 is 5.97 Å². The van der Waals surface area contributed by atoms with E-state index in [9.17, 15) is 19.8 Å². The molecule has 1 aromatic carbocycles. The number of hydrogen-bond acceptors (Lipinski definition) is 10. The van der Waals surface area contributed by atoms with Gasteiger partial charge in [0, 0.05) is 23.2 Å². The maximum Gasteiger partial charge on any atom is 0.334 e. The summed E-state index contributed by atoms with van der Waals surface area (Å²) in [7, 11) is 0. The van der Waals surface area contributed by atoms with Gasteiger partial charge in [0.1, 0.15) is 18.2 Å². The summed E-state index contributed by atoms with van der Waals surface area (Å²) in [6.45, 7) is 0.156. The maximum absolute atomic E-state index is 13.0. The van der Waals surface area contributed by atoms with E-state index in [1.54, 1.807) is 18.2 Å². The first-order valence-electron chi connectivity index (χ1n) is 14.7. The molecule has 1 amide bonds. The largest absolute Gasteiger partial charge is 0.483 e. The Kier molecular flexibility index (Phi) is 7.36. The summed E-state index contributed by atoms with van der Waals surface area (Å²) in [5.74, 6) is 2.38. The van der Waals surface area contributed by atoms with E-state index < -0.39 is 30.4 Å². The number of rotatable bonds is 9. The number of aliphatic hydroxyl groups is 1. The highest BCUT2D eigenvalue weighted by atomic mass is 35.5. The Morgan fingerprint density at radius 3 is 2.56 bits per heavy atom. The molecule has 3 aromatic rings. The summed E-state index contributed by atoms with van der Waals surface area (Å²) in [5.41, 5.74) is 7.28. The quantitative estimate of drug-likeness (QED) is 0.238. The molecule has 2 aromatic heterocycles. The highest BCUT2D eigenvalue weighted by Gasteiger charge is 2.49. The lowest BCUT2D eigenvalue weighted by atomic mass is 9.54. The normalized spacial score (nSPS) is 32.7. The maximum atomic E-state index is 13.0. The Balaban J connectivity index is 1.02. The van der Waals surface area contributed by atoms with Gasteiger partial charge in [0.05, 0.1) is 12.4 Å². The average molecular weight is 612 g/mol. The van der Waals surface area contributed by atoms with Crippen LogP contribution in [-0.2, 0) is 20.9 Å². The van der Waals surface area contributed by atoms with Crippen molar-refractivity contribution < 1.29 is 29.3 Å². The molecule has 5 fully saturated rings. The van der Waals surface area contributed by atoms with Crippen molar-refractivity contribution in [3.05, 3.63) is 41.4 Å². The molecule has 14 heteroatoms. The summed E-state index contributed by atoms with van der Waals surface area (Å²) in [4.78, 5) is 37.4. The lowest BCUT2D eigenvalue weighted by Crippen LogP contribution is -2.56. The van der Waals surface area contributed by atoms with Crippen LogP contribution in [0.5, 0.6) is 5.75 Å². The number of fused-ring (bicyclic) bond motifs is 1. The zero-order valence-electron chi connectivity index (χ0n) is 23.3. The minimum Gasteiger partial charge on any atom is -0.483 e. The standard InChI is InChI=1S/C29H34ClN7O6/c30-18-1-2-19(42-10-20(38)36-22-15-4-13-3-14(6-15)7-16(22)5-13)17(8-18)9-32-26-23-27(34-11-33-26)37(12-35-23)28-24(39)21(31)25(43-28)29(40)41/h1-2,8,11-16,21-22,24-25,28,39H,3-7,9-10,31H2,(H,36,38)(H,40,41)(H,32,33,34). The molecule has 0 spiro atoms. The second-order valence-electron chi connectivity index (χ2n) is 12.3. The summed E-state index contributed by atoms with van der Waals surface area (Å²) in [5, 5.41) is 26.9. The predicted octanol–water partition coefficient (Wildman–Crippen LogP) is 2.08. The number of nitrogens with one attached hydrogen (secondary N) is 2. The van der Waals surface area contributed by atoms with Gasteiger partial charge in [-0.3, -0.25) is 9.36 Å². The fraction of sp³-hybridized carbons (Fsp3) is 0.552. The molecule has 4 aliphatic carbocycles. The van der Waals surface area contributed by atoms with Gasteiger partial charge in [0.25, 0.3) is 5.91 Å². The lowest BCUT2D eigenvalue weighted by molar-refractivity contribution is -0.152. The highest BCUT2D eigenvalue weighted by molar-refractivity contribution is 6.30. The van der Waals surface area contributed by atoms with E-state index in [1.165, 1.54) is 49.3 Å². The third kappa shape index (κ3) is 5.28. The van der Waals surface area contributed by atoms with E-state index >= 15 is 0 Å². The number of carbonyl (C=O) groups is 2. The zero-order valence-corrected chi connectivity index (χ0v) is 24.1. The summed E-state index contributed by atoms with van der Waals surface area (Å²) in [6.07, 6.45) is 5.26. The average Bonchev–Trinajstić information content (AvgIpc) is 3.53. The number of ether oxygens (including phenoxy) is 2. The predicted molar refractivity (Wildman–Crippen MR) is 154 cm³/mol. The molecule has 0 radical (unpaired) electrons. The van der Waals surface area contributed by atoms with Gasteiger partial charge in [-0.1, -0.05) is 11.6 Å². The lowest BCUT2D eigenvalue weighted by Gasteiger charge is -2.54. The van der Waals surface area contributed by atoms with Crippen LogP contribution in [0.25, 0.3) is 11.2 Å². The van der Waals surface area contributed by atoms with Crippen LogP contribution >= 0.6 is 11.6 Å². The van der Waals surface area contributed by atoms with Crippen molar-refractivity contribution in [3.63, 3.8) is 0 Å². The first-order valence-corrected chi connectivity index (χ1v) is 15.1. The smallest absolute Gasteiger partial charge is 0.334 e. The van der Waals surface area contributed by atoms with Gasteiger partial charge in [0.2, 0.25) is 0 Å². The summed E-state index contributed by atoms with van der Waals surface area (Å²) >= 11 is 6.30. The van der Waals surface area contributed by atoms with Gasteiger partial charge in [-0.15, -0.1) is 0 Å². The molecular weight excluding hydrogens is 578 g/mol. The molecule has 5 aliphatic rings. The first-order chi connectivity index (χ1) is 20.7. The number of anilines is 1. The number of carboxylic acids is 1. The number of halogens is 1. The Bertz CT molecular complexity index is 1520. The summed E-state index contributed by atoms with van der Waals surface area (Å²) < 4.78 is 12.9. The van der Waals surface area contributed by atoms with E-state index in [4.69, 9.17) is 26.8 Å². The van der Waals surface area contributed by atoms with Crippen LogP contribution in [-0.4, -0.2) is 72.5 Å². The number of nitrogens with zero attached hydrogens (tertiary/aromatic N) is 4. The van der Waals surface area contributed by atoms with Crippen LogP contribution in [0, 0.1) is 23.7 Å². The number of carbonyl (C=O) groups excluding carboxylic acids is 1. The molecule has 13 nitrogen and oxygen atoms in total.